The smallest absolute Gasteiger partial charge is 0.295 e. The number of rotatable bonds is 9. The van der Waals surface area contributed by atoms with Gasteiger partial charge in [0.1, 0.15) is 5.76 Å². The lowest BCUT2D eigenvalue weighted by atomic mass is 9.95. The van der Waals surface area contributed by atoms with Gasteiger partial charge in [-0.2, -0.15) is 4.31 Å². The molecule has 0 unspecified atom stereocenters. The maximum Gasteiger partial charge on any atom is 0.295 e. The number of hydrogen-bond acceptors (Lipinski definition) is 8. The van der Waals surface area contributed by atoms with Crippen LogP contribution in [0.5, 0.6) is 0 Å². The molecule has 2 aromatic carbocycles. The normalized spacial score (nSPS) is 20.2. The number of likely N-dealkylation sites (tertiary alicyclic amines) is 1. The Balaban J connectivity index is 1.72. The molecule has 1 amide bonds. The molecule has 39 heavy (non-hydrogen) atoms. The summed E-state index contributed by atoms with van der Waals surface area (Å²) in [5, 5.41) is 22.4. The van der Waals surface area contributed by atoms with E-state index in [1.807, 2.05) is 0 Å². The molecule has 0 aromatic heterocycles. The Morgan fingerprint density at radius 2 is 1.64 bits per heavy atom. The summed E-state index contributed by atoms with van der Waals surface area (Å²) in [6, 6.07) is 10.0. The van der Waals surface area contributed by atoms with Gasteiger partial charge in [-0.05, 0) is 61.2 Å². The number of amides is 1. The van der Waals surface area contributed by atoms with E-state index in [0.29, 0.717) is 31.7 Å². The fourth-order valence-corrected chi connectivity index (χ4v) is 6.50. The fourth-order valence-electron chi connectivity index (χ4n) is 4.99. The molecule has 2 fully saturated rings. The van der Waals surface area contributed by atoms with Gasteiger partial charge in [-0.3, -0.25) is 19.7 Å². The Labute approximate surface area is 226 Å². The number of carbonyl (C=O) groups excluding carboxylic acids is 2. The zero-order chi connectivity index (χ0) is 28.2. The summed E-state index contributed by atoms with van der Waals surface area (Å²) in [7, 11) is -2.20. The maximum atomic E-state index is 13.1. The molecule has 12 heteroatoms. The summed E-state index contributed by atoms with van der Waals surface area (Å²) in [5.41, 5.74) is 0.261. The van der Waals surface area contributed by atoms with Crippen LogP contribution >= 0.6 is 0 Å². The number of Topliss-reactive ketones (excluding diaryl/α,β-unsaturated/α-hetero) is 1. The van der Waals surface area contributed by atoms with Crippen molar-refractivity contribution in [1.29, 1.82) is 0 Å². The number of ether oxygens (including phenoxy) is 1. The van der Waals surface area contributed by atoms with Crippen molar-refractivity contribution >= 4 is 33.2 Å². The van der Waals surface area contributed by atoms with Gasteiger partial charge in [-0.25, -0.2) is 8.42 Å². The Kier molecular flexibility index (Phi) is 8.78. The molecule has 2 aliphatic rings. The quantitative estimate of drug-likeness (QED) is 0.123. The topological polar surface area (TPSA) is 147 Å². The number of carbonyl (C=O) groups is 2. The van der Waals surface area contributed by atoms with Gasteiger partial charge in [0.25, 0.3) is 17.4 Å². The summed E-state index contributed by atoms with van der Waals surface area (Å²) in [6.45, 7) is 1.39. The molecule has 4 rings (SSSR count). The van der Waals surface area contributed by atoms with Crippen molar-refractivity contribution in [2.24, 2.45) is 0 Å². The van der Waals surface area contributed by atoms with Crippen molar-refractivity contribution in [3.8, 4) is 0 Å². The lowest BCUT2D eigenvalue weighted by Crippen LogP contribution is -2.31. The average molecular weight is 558 g/mol. The van der Waals surface area contributed by atoms with Crippen molar-refractivity contribution in [1.82, 2.24) is 9.21 Å². The number of non-ortho nitro benzene ring substituents is 1. The Bertz CT molecular complexity index is 1360. The minimum absolute atomic E-state index is 0.0767. The first-order chi connectivity index (χ1) is 18.7. The lowest BCUT2D eigenvalue weighted by molar-refractivity contribution is -0.384. The van der Waals surface area contributed by atoms with Gasteiger partial charge in [0.15, 0.2) is 0 Å². The number of benzene rings is 2. The fraction of sp³-hybridized carbons (Fsp3) is 0.407. The van der Waals surface area contributed by atoms with E-state index in [1.54, 1.807) is 0 Å². The van der Waals surface area contributed by atoms with E-state index >= 15 is 0 Å². The molecule has 2 aliphatic heterocycles. The molecule has 1 atom stereocenters. The second-order valence-electron chi connectivity index (χ2n) is 9.53. The Hall–Kier alpha value is -3.61. The molecular weight excluding hydrogens is 526 g/mol. The minimum Gasteiger partial charge on any atom is -0.507 e. The van der Waals surface area contributed by atoms with Crippen LogP contribution in [0.25, 0.3) is 5.76 Å². The predicted molar refractivity (Wildman–Crippen MR) is 142 cm³/mol. The van der Waals surface area contributed by atoms with Gasteiger partial charge in [0.2, 0.25) is 10.0 Å². The van der Waals surface area contributed by atoms with Crippen LogP contribution in [-0.2, 0) is 24.3 Å². The van der Waals surface area contributed by atoms with Crippen molar-refractivity contribution in [3.63, 3.8) is 0 Å². The molecule has 2 heterocycles. The lowest BCUT2D eigenvalue weighted by Gasteiger charge is -2.25. The zero-order valence-electron chi connectivity index (χ0n) is 21.6. The van der Waals surface area contributed by atoms with E-state index in [9.17, 15) is 33.2 Å². The largest absolute Gasteiger partial charge is 0.507 e. The minimum atomic E-state index is -3.71. The van der Waals surface area contributed by atoms with Crippen molar-refractivity contribution in [2.45, 2.75) is 43.0 Å². The number of hydrogen-bond donors (Lipinski definition) is 1. The molecule has 0 bridgehead atoms. The number of nitro groups is 1. The van der Waals surface area contributed by atoms with Crippen LogP contribution in [0.1, 0.15) is 49.3 Å². The molecule has 208 valence electrons. The highest BCUT2D eigenvalue weighted by atomic mass is 32.2. The molecule has 1 N–H and O–H groups in total. The van der Waals surface area contributed by atoms with Crippen LogP contribution in [0.3, 0.4) is 0 Å². The van der Waals surface area contributed by atoms with Crippen LogP contribution in [-0.4, -0.2) is 72.7 Å². The number of ketones is 1. The number of methoxy groups -OCH3 is 1. The molecule has 0 spiro atoms. The number of sulfonamides is 1. The van der Waals surface area contributed by atoms with Crippen LogP contribution in [0, 0.1) is 10.1 Å². The summed E-state index contributed by atoms with van der Waals surface area (Å²) < 4.78 is 32.8. The van der Waals surface area contributed by atoms with Crippen LogP contribution < -0.4 is 0 Å². The summed E-state index contributed by atoms with van der Waals surface area (Å²) in [4.78, 5) is 38.1. The maximum absolute atomic E-state index is 13.1. The second-order valence-corrected chi connectivity index (χ2v) is 11.5. The highest BCUT2D eigenvalue weighted by Crippen LogP contribution is 2.40. The van der Waals surface area contributed by atoms with E-state index in [-0.39, 0.29) is 28.3 Å². The molecule has 0 saturated carbocycles. The highest BCUT2D eigenvalue weighted by Gasteiger charge is 2.46. The van der Waals surface area contributed by atoms with Gasteiger partial charge in [0.05, 0.1) is 21.4 Å². The van der Waals surface area contributed by atoms with Gasteiger partial charge in [0, 0.05) is 51.0 Å². The first kappa shape index (κ1) is 28.4. The van der Waals surface area contributed by atoms with E-state index in [2.05, 4.69) is 0 Å². The first-order valence-corrected chi connectivity index (χ1v) is 14.2. The summed E-state index contributed by atoms with van der Waals surface area (Å²) >= 11 is 0. The zero-order valence-corrected chi connectivity index (χ0v) is 22.4. The Morgan fingerprint density at radius 3 is 2.21 bits per heavy atom. The van der Waals surface area contributed by atoms with E-state index in [0.717, 1.165) is 25.7 Å². The van der Waals surface area contributed by atoms with Gasteiger partial charge < -0.3 is 14.7 Å². The van der Waals surface area contributed by atoms with Crippen LogP contribution in [0.15, 0.2) is 59.0 Å². The predicted octanol–water partition coefficient (Wildman–Crippen LogP) is 3.62. The first-order valence-electron chi connectivity index (χ1n) is 12.8. The number of nitro benzene ring substituents is 1. The molecular formula is C27H31N3O8S. The summed E-state index contributed by atoms with van der Waals surface area (Å²) in [5.74, 6) is -2.16. The van der Waals surface area contributed by atoms with Crippen molar-refractivity contribution in [3.05, 3.63) is 75.3 Å². The monoisotopic (exact) mass is 557 g/mol. The third-order valence-corrected chi connectivity index (χ3v) is 8.95. The van der Waals surface area contributed by atoms with Gasteiger partial charge >= 0.3 is 0 Å². The SMILES string of the molecule is COCCCN1C(=O)C(=O)C(=C(O)c2ccc(S(=O)(=O)N3CCCCCC3)cc2)[C@@H]1c1ccc([N+](=O)[O-])cc1. The molecule has 2 aromatic rings. The van der Waals surface area contributed by atoms with E-state index in [4.69, 9.17) is 4.74 Å². The van der Waals surface area contributed by atoms with Gasteiger partial charge in [-0.15, -0.1) is 0 Å². The van der Waals surface area contributed by atoms with Crippen LogP contribution in [0.4, 0.5) is 5.69 Å². The van der Waals surface area contributed by atoms with Gasteiger partial charge in [-0.1, -0.05) is 12.8 Å². The Morgan fingerprint density at radius 1 is 1.03 bits per heavy atom. The number of aliphatic hydroxyl groups excluding tert-OH is 1. The molecule has 2 saturated heterocycles. The third kappa shape index (κ3) is 5.87. The van der Waals surface area contributed by atoms with E-state index < -0.39 is 38.4 Å². The van der Waals surface area contributed by atoms with Crippen molar-refractivity contribution < 1.29 is 32.8 Å². The molecule has 0 radical (unpaired) electrons. The molecule has 0 aliphatic carbocycles. The van der Waals surface area contributed by atoms with E-state index in [1.165, 1.54) is 64.8 Å². The molecule has 11 nitrogen and oxygen atoms in total. The van der Waals surface area contributed by atoms with Crippen LogP contribution in [0.2, 0.25) is 0 Å². The summed E-state index contributed by atoms with van der Waals surface area (Å²) in [6.07, 6.45) is 3.99. The highest BCUT2D eigenvalue weighted by molar-refractivity contribution is 7.89. The average Bonchev–Trinajstić information content (AvgIpc) is 3.11. The number of aliphatic hydroxyl groups is 1. The second kappa shape index (κ2) is 12.1. The third-order valence-electron chi connectivity index (χ3n) is 7.04. The number of nitrogens with zero attached hydrogens (tertiary/aromatic N) is 3. The standard InChI is InChI=1S/C27H31N3O8S/c1-38-18-6-17-29-24(19-7-11-21(12-8-19)30(34)35)23(26(32)27(29)33)25(31)20-9-13-22(14-10-20)39(36,37)28-15-4-2-3-5-16-28/h7-14,24,31H,2-6,15-18H2,1H3/t24-/m0/s1. The van der Waals surface area contributed by atoms with Crippen molar-refractivity contribution in [2.75, 3.05) is 33.4 Å².